The molecule has 1 unspecified atom stereocenters. The molecule has 4 nitrogen and oxygen atoms in total. The average molecular weight is 334 g/mol. The number of hydrogen-bond acceptors (Lipinski definition) is 5. The molecule has 2 aromatic rings. The molecule has 0 radical (unpaired) electrons. The average Bonchev–Trinajstić information content (AvgIpc) is 3.12. The van der Waals surface area contributed by atoms with Crippen LogP contribution in [0.15, 0.2) is 36.5 Å². The van der Waals surface area contributed by atoms with Crippen molar-refractivity contribution in [1.29, 1.82) is 0 Å². The van der Waals surface area contributed by atoms with Crippen LogP contribution in [0.2, 0.25) is 0 Å². The van der Waals surface area contributed by atoms with Crippen molar-refractivity contribution in [3.8, 4) is 5.75 Å². The van der Waals surface area contributed by atoms with E-state index in [0.29, 0.717) is 6.04 Å². The van der Waals surface area contributed by atoms with Crippen molar-refractivity contribution >= 4 is 11.5 Å². The van der Waals surface area contributed by atoms with Gasteiger partial charge in [0.15, 0.2) is 0 Å². The van der Waals surface area contributed by atoms with E-state index in [1.54, 1.807) is 11.5 Å². The monoisotopic (exact) mass is 333 g/mol. The van der Waals surface area contributed by atoms with E-state index in [9.17, 15) is 0 Å². The highest BCUT2D eigenvalue weighted by molar-refractivity contribution is 7.05. The normalized spacial score (nSPS) is 12.5. The summed E-state index contributed by atoms with van der Waals surface area (Å²) in [5, 5.41) is 3.52. The van der Waals surface area contributed by atoms with Crippen molar-refractivity contribution in [3.63, 3.8) is 0 Å². The Labute approximate surface area is 143 Å². The number of rotatable bonds is 10. The van der Waals surface area contributed by atoms with Gasteiger partial charge >= 0.3 is 0 Å². The molecule has 2 rings (SSSR count). The number of hydrogen-bond donors (Lipinski definition) is 1. The summed E-state index contributed by atoms with van der Waals surface area (Å²) in [6.07, 6.45) is 1.85. The van der Waals surface area contributed by atoms with Gasteiger partial charge in [-0.3, -0.25) is 0 Å². The molecule has 1 N–H and O–H groups in total. The van der Waals surface area contributed by atoms with Crippen LogP contribution in [0.1, 0.15) is 37.3 Å². The molecule has 1 aromatic heterocycles. The minimum absolute atomic E-state index is 0.326. The van der Waals surface area contributed by atoms with Gasteiger partial charge in [-0.2, -0.15) is 0 Å². The molecule has 0 bridgehead atoms. The summed E-state index contributed by atoms with van der Waals surface area (Å²) >= 11 is 1.55. The fourth-order valence-corrected chi connectivity index (χ4v) is 2.96. The quantitative estimate of drug-likeness (QED) is 0.719. The Balaban J connectivity index is 1.73. The molecule has 0 amide bonds. The van der Waals surface area contributed by atoms with Crippen LogP contribution in [0.3, 0.4) is 0 Å². The lowest BCUT2D eigenvalue weighted by atomic mass is 10.2. The van der Waals surface area contributed by atoms with Gasteiger partial charge in [-0.15, -0.1) is 0 Å². The second-order valence-corrected chi connectivity index (χ2v) is 6.40. The van der Waals surface area contributed by atoms with Crippen molar-refractivity contribution in [2.75, 3.05) is 26.2 Å². The summed E-state index contributed by atoms with van der Waals surface area (Å²) in [5.74, 6) is 0.941. The molecule has 0 aliphatic heterocycles. The summed E-state index contributed by atoms with van der Waals surface area (Å²) in [5.41, 5.74) is 1.26. The number of ether oxygens (including phenoxy) is 1. The van der Waals surface area contributed by atoms with Gasteiger partial charge in [0.05, 0.1) is 0 Å². The smallest absolute Gasteiger partial charge is 0.119 e. The zero-order valence-corrected chi connectivity index (χ0v) is 15.1. The van der Waals surface area contributed by atoms with Crippen LogP contribution in [0, 0.1) is 0 Å². The Morgan fingerprint density at radius 2 is 1.91 bits per heavy atom. The summed E-state index contributed by atoms with van der Waals surface area (Å²) in [6.45, 7) is 11.2. The summed E-state index contributed by atoms with van der Waals surface area (Å²) in [7, 11) is 0. The third-order valence-electron chi connectivity index (χ3n) is 3.99. The molecular weight excluding hydrogens is 306 g/mol. The molecule has 5 heteroatoms. The Morgan fingerprint density at radius 3 is 2.52 bits per heavy atom. The molecule has 0 spiro atoms. The SMILES string of the molecule is CCN(CC)CCOc1ccc(CNC(C)c2ccns2)cc1. The number of nitrogens with zero attached hydrogens (tertiary/aromatic N) is 2. The number of nitrogens with one attached hydrogen (secondary N) is 1. The van der Waals surface area contributed by atoms with Gasteiger partial charge in [0, 0.05) is 30.2 Å². The first kappa shape index (κ1) is 17.9. The van der Waals surface area contributed by atoms with E-state index < -0.39 is 0 Å². The lowest BCUT2D eigenvalue weighted by molar-refractivity contribution is 0.223. The van der Waals surface area contributed by atoms with Crippen LogP contribution in [-0.2, 0) is 6.54 Å². The molecule has 1 aromatic carbocycles. The van der Waals surface area contributed by atoms with Gasteiger partial charge < -0.3 is 15.0 Å². The van der Waals surface area contributed by atoms with E-state index in [1.165, 1.54) is 10.4 Å². The van der Waals surface area contributed by atoms with Crippen LogP contribution >= 0.6 is 11.5 Å². The third kappa shape index (κ3) is 5.94. The summed E-state index contributed by atoms with van der Waals surface area (Å²) in [6, 6.07) is 10.7. The van der Waals surface area contributed by atoms with E-state index >= 15 is 0 Å². The maximum absolute atomic E-state index is 5.81. The largest absolute Gasteiger partial charge is 0.492 e. The van der Waals surface area contributed by atoms with Crippen LogP contribution in [-0.4, -0.2) is 35.5 Å². The standard InChI is InChI=1S/C18H27N3OS/c1-4-21(5-2)12-13-22-17-8-6-16(7-9-17)14-19-15(3)18-10-11-20-23-18/h6-11,15,19H,4-5,12-14H2,1-3H3. The predicted molar refractivity (Wildman–Crippen MR) is 97.1 cm³/mol. The van der Waals surface area contributed by atoms with Crippen molar-refractivity contribution in [2.24, 2.45) is 0 Å². The minimum atomic E-state index is 0.326. The van der Waals surface area contributed by atoms with E-state index in [4.69, 9.17) is 4.74 Å². The van der Waals surface area contributed by atoms with Crippen molar-refractivity contribution in [3.05, 3.63) is 47.0 Å². The van der Waals surface area contributed by atoms with E-state index in [1.807, 2.05) is 6.20 Å². The molecular formula is C18H27N3OS. The van der Waals surface area contributed by atoms with Crippen molar-refractivity contribution < 1.29 is 4.74 Å². The number of benzene rings is 1. The molecule has 1 heterocycles. The third-order valence-corrected chi connectivity index (χ3v) is 4.92. The Bertz CT molecular complexity index is 538. The van der Waals surface area contributed by atoms with Crippen molar-refractivity contribution in [2.45, 2.75) is 33.4 Å². The maximum atomic E-state index is 5.81. The molecule has 0 saturated heterocycles. The maximum Gasteiger partial charge on any atom is 0.119 e. The zero-order chi connectivity index (χ0) is 16.5. The Morgan fingerprint density at radius 1 is 1.17 bits per heavy atom. The van der Waals surface area contributed by atoms with E-state index in [2.05, 4.69) is 65.7 Å². The van der Waals surface area contributed by atoms with Gasteiger partial charge in [-0.25, -0.2) is 4.37 Å². The number of likely N-dealkylation sites (N-methyl/N-ethyl adjacent to an activating group) is 1. The van der Waals surface area contributed by atoms with E-state index in [0.717, 1.165) is 38.5 Å². The highest BCUT2D eigenvalue weighted by atomic mass is 32.1. The Kier molecular flexibility index (Phi) is 7.52. The minimum Gasteiger partial charge on any atom is -0.492 e. The molecule has 0 aliphatic carbocycles. The zero-order valence-electron chi connectivity index (χ0n) is 14.3. The summed E-state index contributed by atoms with van der Waals surface area (Å²) < 4.78 is 9.96. The fraction of sp³-hybridized carbons (Fsp3) is 0.500. The van der Waals surface area contributed by atoms with Crippen LogP contribution in [0.5, 0.6) is 5.75 Å². The molecule has 0 saturated carbocycles. The topological polar surface area (TPSA) is 37.4 Å². The molecule has 126 valence electrons. The van der Waals surface area contributed by atoms with Gasteiger partial charge in [-0.05, 0) is 55.3 Å². The second-order valence-electron chi connectivity index (χ2n) is 5.54. The lowest BCUT2D eigenvalue weighted by Crippen LogP contribution is -2.27. The van der Waals surface area contributed by atoms with Gasteiger partial charge in [-0.1, -0.05) is 26.0 Å². The van der Waals surface area contributed by atoms with Crippen LogP contribution < -0.4 is 10.1 Å². The Hall–Kier alpha value is -1.43. The number of aromatic nitrogens is 1. The summed E-state index contributed by atoms with van der Waals surface area (Å²) in [4.78, 5) is 3.63. The van der Waals surface area contributed by atoms with Gasteiger partial charge in [0.25, 0.3) is 0 Å². The first-order valence-electron chi connectivity index (χ1n) is 8.31. The van der Waals surface area contributed by atoms with Gasteiger partial charge in [0.1, 0.15) is 12.4 Å². The second kappa shape index (κ2) is 9.65. The molecule has 1 atom stereocenters. The fourth-order valence-electron chi connectivity index (χ4n) is 2.36. The molecule has 0 aliphatic rings. The molecule has 23 heavy (non-hydrogen) atoms. The predicted octanol–water partition coefficient (Wildman–Crippen LogP) is 3.71. The first-order valence-corrected chi connectivity index (χ1v) is 9.08. The lowest BCUT2D eigenvalue weighted by Gasteiger charge is -2.18. The highest BCUT2D eigenvalue weighted by Crippen LogP contribution is 2.17. The van der Waals surface area contributed by atoms with E-state index in [-0.39, 0.29) is 0 Å². The van der Waals surface area contributed by atoms with Crippen molar-refractivity contribution in [1.82, 2.24) is 14.6 Å². The van der Waals surface area contributed by atoms with Crippen LogP contribution in [0.25, 0.3) is 0 Å². The van der Waals surface area contributed by atoms with Crippen LogP contribution in [0.4, 0.5) is 0 Å². The van der Waals surface area contributed by atoms with Gasteiger partial charge in [0.2, 0.25) is 0 Å². The first-order chi connectivity index (χ1) is 11.2. The highest BCUT2D eigenvalue weighted by Gasteiger charge is 2.06. The molecule has 0 fully saturated rings.